The molecule has 0 aliphatic carbocycles. The molecule has 1 aromatic heterocycles. The van der Waals surface area contributed by atoms with Gasteiger partial charge in [-0.05, 0) is 18.1 Å². The average Bonchev–Trinajstić information content (AvgIpc) is 2.21. The first kappa shape index (κ1) is 6.55. The van der Waals surface area contributed by atoms with E-state index < -0.39 is 0 Å². The summed E-state index contributed by atoms with van der Waals surface area (Å²) in [6.07, 6.45) is 1.20. The summed E-state index contributed by atoms with van der Waals surface area (Å²) in [6.45, 7) is 2.26. The van der Waals surface area contributed by atoms with Crippen LogP contribution in [0.15, 0.2) is 10.3 Å². The fourth-order valence-electron chi connectivity index (χ4n) is 1.21. The summed E-state index contributed by atoms with van der Waals surface area (Å²) < 4.78 is 1.44. The molecule has 1 aliphatic rings. The molecule has 0 saturated carbocycles. The number of hydrogen-bond acceptors (Lipinski definition) is 3. The Bertz CT molecular complexity index is 231. The third kappa shape index (κ3) is 0.935. The summed E-state index contributed by atoms with van der Waals surface area (Å²) in [4.78, 5) is 0. The summed E-state index contributed by atoms with van der Waals surface area (Å²) in [5, 5.41) is 1.73. The Kier molecular flexibility index (Phi) is 1.42. The highest BCUT2D eigenvalue weighted by Gasteiger charge is 2.20. The maximum Gasteiger partial charge on any atom is 0.0871 e. The zero-order valence-corrected chi connectivity index (χ0v) is 7.39. The predicted molar refractivity (Wildman–Crippen MR) is 47.8 cm³/mol. The van der Waals surface area contributed by atoms with Crippen LogP contribution < -0.4 is 5.73 Å². The summed E-state index contributed by atoms with van der Waals surface area (Å²) in [5.74, 6) is 0. The lowest BCUT2D eigenvalue weighted by atomic mass is 10.2. The standard InChI is InChI=1S/C7H9NS2/c1-4-2-5-3-6(8)10-7(5)9-4/h3-4H,2,8H2,1H3. The zero-order chi connectivity index (χ0) is 7.14. The molecule has 0 aromatic carbocycles. The van der Waals surface area contributed by atoms with E-state index in [2.05, 4.69) is 13.0 Å². The van der Waals surface area contributed by atoms with Crippen molar-refractivity contribution < 1.29 is 0 Å². The van der Waals surface area contributed by atoms with Gasteiger partial charge in [0.2, 0.25) is 0 Å². The molecule has 0 amide bonds. The maximum absolute atomic E-state index is 5.64. The van der Waals surface area contributed by atoms with Gasteiger partial charge < -0.3 is 5.73 Å². The first-order valence-electron chi connectivity index (χ1n) is 3.30. The van der Waals surface area contributed by atoms with E-state index in [4.69, 9.17) is 5.73 Å². The van der Waals surface area contributed by atoms with Crippen LogP contribution >= 0.6 is 23.1 Å². The Morgan fingerprint density at radius 3 is 3.20 bits per heavy atom. The molecule has 0 saturated heterocycles. The molecule has 2 N–H and O–H groups in total. The van der Waals surface area contributed by atoms with Crippen LogP contribution in [0.2, 0.25) is 0 Å². The minimum absolute atomic E-state index is 0.766. The minimum Gasteiger partial charge on any atom is -0.391 e. The van der Waals surface area contributed by atoms with Gasteiger partial charge in [0.15, 0.2) is 0 Å². The Morgan fingerprint density at radius 2 is 2.50 bits per heavy atom. The number of thioether (sulfide) groups is 1. The van der Waals surface area contributed by atoms with Crippen molar-refractivity contribution in [2.24, 2.45) is 0 Å². The minimum atomic E-state index is 0.766. The van der Waals surface area contributed by atoms with Crippen LogP contribution in [0.1, 0.15) is 12.5 Å². The molecule has 1 nitrogen and oxygen atoms in total. The highest BCUT2D eigenvalue weighted by molar-refractivity contribution is 8.02. The van der Waals surface area contributed by atoms with Crippen molar-refractivity contribution in [3.8, 4) is 0 Å². The molecule has 0 radical (unpaired) electrons. The van der Waals surface area contributed by atoms with Crippen molar-refractivity contribution in [2.75, 3.05) is 5.73 Å². The van der Waals surface area contributed by atoms with Crippen molar-refractivity contribution in [3.63, 3.8) is 0 Å². The lowest BCUT2D eigenvalue weighted by Crippen LogP contribution is -1.91. The molecule has 1 aliphatic heterocycles. The smallest absolute Gasteiger partial charge is 0.0871 e. The molecule has 1 atom stereocenters. The molecular formula is C7H9NS2. The molecule has 10 heavy (non-hydrogen) atoms. The third-order valence-corrected chi connectivity index (χ3v) is 3.99. The van der Waals surface area contributed by atoms with Gasteiger partial charge in [-0.2, -0.15) is 0 Å². The molecular weight excluding hydrogens is 162 g/mol. The topological polar surface area (TPSA) is 26.0 Å². The van der Waals surface area contributed by atoms with E-state index in [1.165, 1.54) is 16.2 Å². The average molecular weight is 171 g/mol. The largest absolute Gasteiger partial charge is 0.391 e. The first-order valence-corrected chi connectivity index (χ1v) is 5.00. The molecule has 1 unspecified atom stereocenters. The van der Waals surface area contributed by atoms with Crippen LogP contribution in [0.25, 0.3) is 0 Å². The number of nitrogens with two attached hydrogens (primary N) is 1. The van der Waals surface area contributed by atoms with E-state index in [0.29, 0.717) is 0 Å². The van der Waals surface area contributed by atoms with E-state index in [1.54, 1.807) is 11.3 Å². The summed E-state index contributed by atoms with van der Waals surface area (Å²) in [7, 11) is 0. The second-order valence-electron chi connectivity index (χ2n) is 2.59. The van der Waals surface area contributed by atoms with Crippen LogP contribution in [0.3, 0.4) is 0 Å². The van der Waals surface area contributed by atoms with E-state index in [9.17, 15) is 0 Å². The van der Waals surface area contributed by atoms with Gasteiger partial charge in [-0.25, -0.2) is 0 Å². The normalized spacial score (nSPS) is 23.1. The molecule has 0 spiro atoms. The first-order chi connectivity index (χ1) is 4.75. The zero-order valence-electron chi connectivity index (χ0n) is 5.76. The number of thiophene rings is 1. The van der Waals surface area contributed by atoms with Gasteiger partial charge in [0.25, 0.3) is 0 Å². The monoisotopic (exact) mass is 171 g/mol. The van der Waals surface area contributed by atoms with Crippen LogP contribution in [-0.2, 0) is 6.42 Å². The predicted octanol–water partition coefficient (Wildman–Crippen LogP) is 2.37. The van der Waals surface area contributed by atoms with Gasteiger partial charge in [-0.15, -0.1) is 23.1 Å². The highest BCUT2D eigenvalue weighted by Crippen LogP contribution is 2.43. The van der Waals surface area contributed by atoms with Gasteiger partial charge in [-0.3, -0.25) is 0 Å². The van der Waals surface area contributed by atoms with Crippen LogP contribution in [0.5, 0.6) is 0 Å². The maximum atomic E-state index is 5.64. The van der Waals surface area contributed by atoms with Crippen LogP contribution in [0.4, 0.5) is 5.00 Å². The Hall–Kier alpha value is -0.150. The van der Waals surface area contributed by atoms with E-state index in [-0.39, 0.29) is 0 Å². The Balaban J connectivity index is 2.39. The number of rotatable bonds is 0. The van der Waals surface area contributed by atoms with Crippen molar-refractivity contribution >= 4 is 28.1 Å². The molecule has 3 heteroatoms. The van der Waals surface area contributed by atoms with Gasteiger partial charge in [0, 0.05) is 5.25 Å². The molecule has 0 bridgehead atoms. The van der Waals surface area contributed by atoms with Gasteiger partial charge in [0.1, 0.15) is 0 Å². The van der Waals surface area contributed by atoms with Crippen molar-refractivity contribution in [3.05, 3.63) is 11.6 Å². The van der Waals surface area contributed by atoms with Crippen molar-refractivity contribution in [2.45, 2.75) is 22.8 Å². The van der Waals surface area contributed by atoms with Gasteiger partial charge in [-0.1, -0.05) is 6.92 Å². The molecule has 1 aromatic rings. The quantitative estimate of drug-likeness (QED) is 0.648. The third-order valence-electron chi connectivity index (χ3n) is 1.60. The summed E-state index contributed by atoms with van der Waals surface area (Å²) in [5.41, 5.74) is 7.10. The summed E-state index contributed by atoms with van der Waals surface area (Å²) >= 11 is 3.67. The van der Waals surface area contributed by atoms with Crippen molar-refractivity contribution in [1.82, 2.24) is 0 Å². The number of hydrogen-bond donors (Lipinski definition) is 1. The fourth-order valence-corrected chi connectivity index (χ4v) is 3.79. The van der Waals surface area contributed by atoms with Crippen molar-refractivity contribution in [1.29, 1.82) is 0 Å². The van der Waals surface area contributed by atoms with Crippen LogP contribution in [-0.4, -0.2) is 5.25 Å². The van der Waals surface area contributed by atoms with E-state index in [0.717, 1.165) is 10.3 Å². The molecule has 0 fully saturated rings. The van der Waals surface area contributed by atoms with E-state index in [1.807, 2.05) is 11.8 Å². The highest BCUT2D eigenvalue weighted by atomic mass is 32.2. The molecule has 54 valence electrons. The Labute approximate surface area is 68.6 Å². The second-order valence-corrected chi connectivity index (χ2v) is 5.38. The SMILES string of the molecule is CC1Cc2cc(N)sc2S1. The number of fused-ring (bicyclic) bond motifs is 1. The lowest BCUT2D eigenvalue weighted by Gasteiger charge is -1.95. The summed E-state index contributed by atoms with van der Waals surface area (Å²) in [6, 6.07) is 2.11. The molecule has 2 heterocycles. The van der Waals surface area contributed by atoms with Gasteiger partial charge >= 0.3 is 0 Å². The van der Waals surface area contributed by atoms with Gasteiger partial charge in [0.05, 0.1) is 9.21 Å². The van der Waals surface area contributed by atoms with Crippen LogP contribution in [0, 0.1) is 0 Å². The number of nitrogen functional groups attached to an aromatic ring is 1. The molecule has 2 rings (SSSR count). The Morgan fingerprint density at radius 1 is 1.70 bits per heavy atom. The van der Waals surface area contributed by atoms with E-state index >= 15 is 0 Å². The number of anilines is 1. The fraction of sp³-hybridized carbons (Fsp3) is 0.429. The lowest BCUT2D eigenvalue weighted by molar-refractivity contribution is 0.966. The second kappa shape index (κ2) is 2.17.